The van der Waals surface area contributed by atoms with Gasteiger partial charge in [-0.05, 0) is 25.5 Å². The zero-order valence-electron chi connectivity index (χ0n) is 15.3. The van der Waals surface area contributed by atoms with E-state index >= 15 is 0 Å². The number of aromatic nitrogens is 1. The first-order valence-corrected chi connectivity index (χ1v) is 8.82. The molecule has 132 valence electrons. The topological polar surface area (TPSA) is 50.8 Å². The quantitative estimate of drug-likeness (QED) is 0.369. The zero-order chi connectivity index (χ0) is 18.6. The number of hydrogen-bond donors (Lipinski definition) is 0. The van der Waals surface area contributed by atoms with Crippen LogP contribution in [0.3, 0.4) is 0 Å². The summed E-state index contributed by atoms with van der Waals surface area (Å²) < 4.78 is 5.67. The van der Waals surface area contributed by atoms with Crippen molar-refractivity contribution in [1.29, 1.82) is 0 Å². The summed E-state index contributed by atoms with van der Waals surface area (Å²) in [5.41, 5.74) is 6.29. The van der Waals surface area contributed by atoms with Crippen LogP contribution in [0.15, 0.2) is 93.6 Å². The van der Waals surface area contributed by atoms with E-state index in [1.807, 2.05) is 79.7 Å². The summed E-state index contributed by atoms with van der Waals surface area (Å²) in [6.07, 6.45) is 0. The Morgan fingerprint density at radius 3 is 2.07 bits per heavy atom. The normalized spacial score (nSPS) is 11.2. The van der Waals surface area contributed by atoms with E-state index in [-0.39, 0.29) is 0 Å². The van der Waals surface area contributed by atoms with Gasteiger partial charge in [0.25, 0.3) is 0 Å². The minimum Gasteiger partial charge on any atom is -0.353 e. The van der Waals surface area contributed by atoms with Gasteiger partial charge in [0.2, 0.25) is 0 Å². The van der Waals surface area contributed by atoms with Crippen molar-refractivity contribution in [3.8, 4) is 22.6 Å². The predicted octanol–water partition coefficient (Wildman–Crippen LogP) is 7.04. The van der Waals surface area contributed by atoms with Crippen LogP contribution < -0.4 is 0 Å². The van der Waals surface area contributed by atoms with E-state index in [2.05, 4.69) is 28.4 Å². The van der Waals surface area contributed by atoms with Gasteiger partial charge in [-0.1, -0.05) is 83.5 Å². The van der Waals surface area contributed by atoms with Gasteiger partial charge in [-0.25, -0.2) is 0 Å². The lowest BCUT2D eigenvalue weighted by molar-refractivity contribution is 0.435. The highest BCUT2D eigenvalue weighted by Gasteiger charge is 2.19. The predicted molar refractivity (Wildman–Crippen MR) is 107 cm³/mol. The molecule has 0 aliphatic heterocycles. The Kier molecular flexibility index (Phi) is 4.62. The number of aryl methyl sites for hydroxylation is 2. The van der Waals surface area contributed by atoms with Gasteiger partial charge in [0.1, 0.15) is 5.69 Å². The molecule has 4 nitrogen and oxygen atoms in total. The third kappa shape index (κ3) is 3.55. The second-order valence-electron chi connectivity index (χ2n) is 6.43. The van der Waals surface area contributed by atoms with Gasteiger partial charge in [-0.2, -0.15) is 5.11 Å². The van der Waals surface area contributed by atoms with Crippen molar-refractivity contribution in [3.05, 3.63) is 90.0 Å². The minimum atomic E-state index is 0.614. The molecule has 1 aromatic heterocycles. The summed E-state index contributed by atoms with van der Waals surface area (Å²) in [7, 11) is 0. The number of rotatable bonds is 4. The van der Waals surface area contributed by atoms with Crippen LogP contribution in [0.1, 0.15) is 11.1 Å². The molecule has 4 aromatic rings. The average molecular weight is 353 g/mol. The highest BCUT2D eigenvalue weighted by molar-refractivity contribution is 5.82. The maximum absolute atomic E-state index is 5.67. The lowest BCUT2D eigenvalue weighted by Crippen LogP contribution is -1.79. The van der Waals surface area contributed by atoms with Crippen LogP contribution in [0, 0.1) is 13.8 Å². The van der Waals surface area contributed by atoms with Gasteiger partial charge < -0.3 is 4.52 Å². The fourth-order valence-corrected chi connectivity index (χ4v) is 2.96. The SMILES string of the molecule is Cc1ccc(N=Nc2c(-c3ccccc3)noc2-c2ccccc2)c(C)c1. The van der Waals surface area contributed by atoms with E-state index in [0.717, 1.165) is 22.4 Å². The molecule has 0 amide bonds. The summed E-state index contributed by atoms with van der Waals surface area (Å²) in [5.74, 6) is 0.614. The highest BCUT2D eigenvalue weighted by atomic mass is 16.5. The molecule has 0 saturated carbocycles. The van der Waals surface area contributed by atoms with Crippen molar-refractivity contribution in [3.63, 3.8) is 0 Å². The Morgan fingerprint density at radius 2 is 1.41 bits per heavy atom. The van der Waals surface area contributed by atoms with Gasteiger partial charge in [0.05, 0.1) is 5.69 Å². The van der Waals surface area contributed by atoms with Crippen LogP contribution in [-0.2, 0) is 0 Å². The van der Waals surface area contributed by atoms with E-state index in [1.54, 1.807) is 0 Å². The van der Waals surface area contributed by atoms with Crippen LogP contribution in [-0.4, -0.2) is 5.16 Å². The fourth-order valence-electron chi connectivity index (χ4n) is 2.96. The zero-order valence-corrected chi connectivity index (χ0v) is 15.3. The van der Waals surface area contributed by atoms with Crippen LogP contribution in [0.25, 0.3) is 22.6 Å². The molecule has 27 heavy (non-hydrogen) atoms. The molecule has 4 rings (SSSR count). The maximum atomic E-state index is 5.67. The summed E-state index contributed by atoms with van der Waals surface area (Å²) in [6, 6.07) is 25.8. The van der Waals surface area contributed by atoms with Gasteiger partial charge in [-0.3, -0.25) is 0 Å². The largest absolute Gasteiger partial charge is 0.353 e. The first-order valence-electron chi connectivity index (χ1n) is 8.82. The maximum Gasteiger partial charge on any atom is 0.195 e. The van der Waals surface area contributed by atoms with E-state index in [4.69, 9.17) is 4.52 Å². The standard InChI is InChI=1S/C23H19N3O/c1-16-13-14-20(17(2)15-16)24-25-22-21(18-9-5-3-6-10-18)26-27-23(22)19-11-7-4-8-12-19/h3-15H,1-2H3. The molecular formula is C23H19N3O. The lowest BCUT2D eigenvalue weighted by Gasteiger charge is -2.02. The van der Waals surface area contributed by atoms with Crippen molar-refractivity contribution < 1.29 is 4.52 Å². The van der Waals surface area contributed by atoms with E-state index in [0.29, 0.717) is 17.1 Å². The van der Waals surface area contributed by atoms with Crippen LogP contribution in [0.2, 0.25) is 0 Å². The van der Waals surface area contributed by atoms with E-state index in [1.165, 1.54) is 5.56 Å². The number of azo groups is 1. The number of nitrogens with zero attached hydrogens (tertiary/aromatic N) is 3. The number of benzene rings is 3. The Morgan fingerprint density at radius 1 is 0.741 bits per heavy atom. The summed E-state index contributed by atoms with van der Waals surface area (Å²) in [4.78, 5) is 0. The third-order valence-electron chi connectivity index (χ3n) is 4.36. The minimum absolute atomic E-state index is 0.614. The Hall–Kier alpha value is -3.53. The first-order chi connectivity index (χ1) is 13.2. The monoisotopic (exact) mass is 353 g/mol. The van der Waals surface area contributed by atoms with E-state index in [9.17, 15) is 0 Å². The van der Waals surface area contributed by atoms with E-state index < -0.39 is 0 Å². The molecule has 3 aromatic carbocycles. The summed E-state index contributed by atoms with van der Waals surface area (Å²) >= 11 is 0. The van der Waals surface area contributed by atoms with Crippen molar-refractivity contribution >= 4 is 11.4 Å². The lowest BCUT2D eigenvalue weighted by atomic mass is 10.1. The number of hydrogen-bond acceptors (Lipinski definition) is 4. The first kappa shape index (κ1) is 16.9. The molecule has 0 spiro atoms. The molecule has 0 fully saturated rings. The van der Waals surface area contributed by atoms with Crippen molar-refractivity contribution in [2.24, 2.45) is 10.2 Å². The van der Waals surface area contributed by atoms with Crippen molar-refractivity contribution in [1.82, 2.24) is 5.16 Å². The molecular weight excluding hydrogens is 334 g/mol. The van der Waals surface area contributed by atoms with Gasteiger partial charge >= 0.3 is 0 Å². The molecule has 4 heteroatoms. The smallest absolute Gasteiger partial charge is 0.195 e. The molecule has 0 radical (unpaired) electrons. The van der Waals surface area contributed by atoms with Gasteiger partial charge in [-0.15, -0.1) is 5.11 Å². The molecule has 0 aliphatic carbocycles. The molecule has 0 N–H and O–H groups in total. The Labute approximate surface area is 158 Å². The molecule has 0 aliphatic rings. The summed E-state index contributed by atoms with van der Waals surface area (Å²) in [5, 5.41) is 13.3. The molecule has 1 heterocycles. The second-order valence-corrected chi connectivity index (χ2v) is 6.43. The van der Waals surface area contributed by atoms with Gasteiger partial charge in [0, 0.05) is 11.1 Å². The van der Waals surface area contributed by atoms with Crippen molar-refractivity contribution in [2.75, 3.05) is 0 Å². The van der Waals surface area contributed by atoms with Crippen LogP contribution >= 0.6 is 0 Å². The Balaban J connectivity index is 1.83. The summed E-state index contributed by atoms with van der Waals surface area (Å²) in [6.45, 7) is 4.10. The van der Waals surface area contributed by atoms with Crippen LogP contribution in [0.5, 0.6) is 0 Å². The fraction of sp³-hybridized carbons (Fsp3) is 0.0870. The van der Waals surface area contributed by atoms with Gasteiger partial charge in [0.15, 0.2) is 11.4 Å². The van der Waals surface area contributed by atoms with Crippen LogP contribution in [0.4, 0.5) is 11.4 Å². The van der Waals surface area contributed by atoms with Crippen molar-refractivity contribution in [2.45, 2.75) is 13.8 Å². The third-order valence-corrected chi connectivity index (χ3v) is 4.36. The Bertz CT molecular complexity index is 1030. The second kappa shape index (κ2) is 7.38. The molecule has 0 bridgehead atoms. The molecule has 0 atom stereocenters. The highest BCUT2D eigenvalue weighted by Crippen LogP contribution is 2.40. The average Bonchev–Trinajstić information content (AvgIpc) is 3.12. The molecule has 0 saturated heterocycles. The molecule has 0 unspecified atom stereocenters.